The van der Waals surface area contributed by atoms with Crippen LogP contribution in [0.1, 0.15) is 18.0 Å². The second-order valence-electron chi connectivity index (χ2n) is 4.50. The first-order chi connectivity index (χ1) is 8.83. The molecule has 0 heterocycles. The lowest BCUT2D eigenvalue weighted by Crippen LogP contribution is -2.33. The van der Waals surface area contributed by atoms with Gasteiger partial charge in [-0.3, -0.25) is 4.90 Å². The maximum absolute atomic E-state index is 12.2. The van der Waals surface area contributed by atoms with Gasteiger partial charge in [-0.2, -0.15) is 13.2 Å². The zero-order chi connectivity index (χ0) is 14.5. The Hall–Kier alpha value is -0.590. The summed E-state index contributed by atoms with van der Waals surface area (Å²) in [6, 6.07) is 7.76. The summed E-state index contributed by atoms with van der Waals surface area (Å²) in [6.07, 6.45) is -3.52. The van der Waals surface area contributed by atoms with Crippen molar-refractivity contribution in [3.8, 4) is 0 Å². The molecule has 0 bridgehead atoms. The van der Waals surface area contributed by atoms with Crippen LogP contribution >= 0.6 is 15.9 Å². The van der Waals surface area contributed by atoms with Crippen LogP contribution in [-0.4, -0.2) is 38.3 Å². The molecule has 0 amide bonds. The number of rotatable bonds is 6. The van der Waals surface area contributed by atoms with Gasteiger partial charge in [-0.15, -0.1) is 0 Å². The summed E-state index contributed by atoms with van der Waals surface area (Å²) >= 11 is 3.46. The van der Waals surface area contributed by atoms with Crippen molar-refractivity contribution in [2.45, 2.75) is 18.6 Å². The van der Waals surface area contributed by atoms with E-state index in [2.05, 4.69) is 21.2 Å². The molecule has 0 saturated heterocycles. The molecule has 2 nitrogen and oxygen atoms in total. The molecule has 1 N–H and O–H groups in total. The van der Waals surface area contributed by atoms with E-state index in [4.69, 9.17) is 0 Å². The molecule has 6 heteroatoms. The van der Waals surface area contributed by atoms with Gasteiger partial charge in [0.15, 0.2) is 0 Å². The van der Waals surface area contributed by atoms with Crippen molar-refractivity contribution in [3.05, 3.63) is 34.3 Å². The molecule has 0 aromatic heterocycles. The molecule has 1 rings (SSSR count). The first kappa shape index (κ1) is 16.5. The van der Waals surface area contributed by atoms with Gasteiger partial charge < -0.3 is 5.32 Å². The lowest BCUT2D eigenvalue weighted by atomic mass is 10.0. The van der Waals surface area contributed by atoms with Crippen molar-refractivity contribution in [1.29, 1.82) is 0 Å². The van der Waals surface area contributed by atoms with Crippen LogP contribution < -0.4 is 5.32 Å². The van der Waals surface area contributed by atoms with Gasteiger partial charge in [0.1, 0.15) is 0 Å². The first-order valence-corrected chi connectivity index (χ1v) is 6.80. The van der Waals surface area contributed by atoms with E-state index < -0.39 is 12.7 Å². The van der Waals surface area contributed by atoms with Crippen molar-refractivity contribution in [2.75, 3.05) is 27.2 Å². The Labute approximate surface area is 120 Å². The third-order valence-corrected chi connectivity index (χ3v) is 3.60. The molecule has 108 valence electrons. The molecule has 1 aromatic rings. The molecule has 0 spiro atoms. The van der Waals surface area contributed by atoms with E-state index in [0.717, 1.165) is 10.0 Å². The third-order valence-electron chi connectivity index (χ3n) is 2.88. The van der Waals surface area contributed by atoms with Crippen LogP contribution in [0.4, 0.5) is 13.2 Å². The van der Waals surface area contributed by atoms with Crippen molar-refractivity contribution in [3.63, 3.8) is 0 Å². The van der Waals surface area contributed by atoms with E-state index in [1.54, 1.807) is 0 Å². The van der Waals surface area contributed by atoms with E-state index in [9.17, 15) is 13.2 Å². The molecular weight excluding hydrogens is 321 g/mol. The Balaban J connectivity index is 2.57. The van der Waals surface area contributed by atoms with Crippen LogP contribution in [0.25, 0.3) is 0 Å². The van der Waals surface area contributed by atoms with Crippen LogP contribution in [0.2, 0.25) is 0 Å². The van der Waals surface area contributed by atoms with Crippen molar-refractivity contribution in [1.82, 2.24) is 10.2 Å². The molecule has 1 atom stereocenters. The van der Waals surface area contributed by atoms with E-state index in [1.807, 2.05) is 31.3 Å². The highest BCUT2D eigenvalue weighted by Crippen LogP contribution is 2.25. The lowest BCUT2D eigenvalue weighted by molar-refractivity contribution is -0.143. The second-order valence-corrected chi connectivity index (χ2v) is 5.36. The molecule has 0 aliphatic rings. The molecule has 0 saturated carbocycles. The zero-order valence-electron chi connectivity index (χ0n) is 11.0. The maximum atomic E-state index is 12.2. The standard InChI is InChI=1S/C13H18BrF3N2/c1-18-12(10-5-3-4-6-11(10)14)7-8-19(2)9-13(15,16)17/h3-6,12,18H,7-9H2,1-2H3. The number of hydrogen-bond acceptors (Lipinski definition) is 2. The SMILES string of the molecule is CNC(CCN(C)CC(F)(F)F)c1ccccc1Br. The summed E-state index contributed by atoms with van der Waals surface area (Å²) in [6.45, 7) is -0.494. The zero-order valence-corrected chi connectivity index (χ0v) is 12.6. The molecule has 1 aromatic carbocycles. The minimum Gasteiger partial charge on any atom is -0.313 e. The quantitative estimate of drug-likeness (QED) is 0.852. The van der Waals surface area contributed by atoms with E-state index in [-0.39, 0.29) is 6.04 Å². The summed E-state index contributed by atoms with van der Waals surface area (Å²) in [4.78, 5) is 1.29. The topological polar surface area (TPSA) is 15.3 Å². The fraction of sp³-hybridized carbons (Fsp3) is 0.538. The van der Waals surface area contributed by atoms with Gasteiger partial charge in [0.2, 0.25) is 0 Å². The predicted molar refractivity (Wildman–Crippen MR) is 74.1 cm³/mol. The molecule has 0 fully saturated rings. The predicted octanol–water partition coefficient (Wildman–Crippen LogP) is 3.59. The van der Waals surface area contributed by atoms with Crippen LogP contribution in [0.15, 0.2) is 28.7 Å². The highest BCUT2D eigenvalue weighted by atomic mass is 79.9. The van der Waals surface area contributed by atoms with Gasteiger partial charge in [0.05, 0.1) is 6.54 Å². The van der Waals surface area contributed by atoms with E-state index >= 15 is 0 Å². The van der Waals surface area contributed by atoms with Crippen LogP contribution in [0.3, 0.4) is 0 Å². The normalized spacial score (nSPS) is 13.8. The Bertz CT molecular complexity index is 396. The fourth-order valence-electron chi connectivity index (χ4n) is 1.95. The summed E-state index contributed by atoms with van der Waals surface area (Å²) in [7, 11) is 3.30. The van der Waals surface area contributed by atoms with E-state index in [0.29, 0.717) is 13.0 Å². The number of nitrogens with one attached hydrogen (secondary N) is 1. The monoisotopic (exact) mass is 338 g/mol. The molecule has 1 unspecified atom stereocenters. The number of nitrogens with zero attached hydrogens (tertiary/aromatic N) is 1. The second kappa shape index (κ2) is 7.26. The van der Waals surface area contributed by atoms with Gasteiger partial charge in [0, 0.05) is 10.5 Å². The molecule has 0 aliphatic carbocycles. The Morgan fingerprint density at radius 3 is 2.47 bits per heavy atom. The van der Waals surface area contributed by atoms with Crippen LogP contribution in [-0.2, 0) is 0 Å². The van der Waals surface area contributed by atoms with Gasteiger partial charge in [-0.05, 0) is 38.7 Å². The maximum Gasteiger partial charge on any atom is 0.401 e. The number of halogens is 4. The summed E-state index contributed by atoms with van der Waals surface area (Å²) < 4.78 is 37.7. The summed E-state index contributed by atoms with van der Waals surface area (Å²) in [5.41, 5.74) is 1.06. The summed E-state index contributed by atoms with van der Waals surface area (Å²) in [5, 5.41) is 3.14. The van der Waals surface area contributed by atoms with Crippen LogP contribution in [0, 0.1) is 0 Å². The van der Waals surface area contributed by atoms with Crippen molar-refractivity contribution >= 4 is 15.9 Å². The average molecular weight is 339 g/mol. The van der Waals surface area contributed by atoms with E-state index in [1.165, 1.54) is 11.9 Å². The highest BCUT2D eigenvalue weighted by molar-refractivity contribution is 9.10. The van der Waals surface area contributed by atoms with Gasteiger partial charge in [-0.1, -0.05) is 34.1 Å². The van der Waals surface area contributed by atoms with Gasteiger partial charge in [-0.25, -0.2) is 0 Å². The Morgan fingerprint density at radius 1 is 1.32 bits per heavy atom. The summed E-state index contributed by atoms with van der Waals surface area (Å²) in [5.74, 6) is 0. The molecule has 0 radical (unpaired) electrons. The smallest absolute Gasteiger partial charge is 0.313 e. The van der Waals surface area contributed by atoms with Gasteiger partial charge >= 0.3 is 6.18 Å². The lowest BCUT2D eigenvalue weighted by Gasteiger charge is -2.23. The first-order valence-electron chi connectivity index (χ1n) is 6.00. The molecule has 19 heavy (non-hydrogen) atoms. The largest absolute Gasteiger partial charge is 0.401 e. The van der Waals surface area contributed by atoms with Crippen molar-refractivity contribution in [2.24, 2.45) is 0 Å². The number of hydrogen-bond donors (Lipinski definition) is 1. The molecular formula is C13H18BrF3N2. The van der Waals surface area contributed by atoms with Crippen LogP contribution in [0.5, 0.6) is 0 Å². The number of alkyl halides is 3. The Kier molecular flexibility index (Phi) is 6.29. The minimum atomic E-state index is -4.14. The molecule has 0 aliphatic heterocycles. The Morgan fingerprint density at radius 2 is 1.95 bits per heavy atom. The number of benzene rings is 1. The third kappa shape index (κ3) is 5.93. The average Bonchev–Trinajstić information content (AvgIpc) is 2.29. The van der Waals surface area contributed by atoms with Gasteiger partial charge in [0.25, 0.3) is 0 Å². The fourth-order valence-corrected chi connectivity index (χ4v) is 2.51. The minimum absolute atomic E-state index is 0.0336. The van der Waals surface area contributed by atoms with Crippen molar-refractivity contribution < 1.29 is 13.2 Å². The highest BCUT2D eigenvalue weighted by Gasteiger charge is 2.29.